The van der Waals surface area contributed by atoms with Gasteiger partial charge in [-0.1, -0.05) is 30.3 Å². The molecule has 0 aromatic heterocycles. The number of carbonyl (C=O) groups excluding carboxylic acids is 1. The first-order chi connectivity index (χ1) is 9.99. The maximum Gasteiger partial charge on any atom is 0.247 e. The normalized spacial score (nSPS) is 13.3. The molecule has 0 aliphatic rings. The Kier molecular flexibility index (Phi) is 4.53. The molecular weight excluding hydrogens is 332 g/mol. The van der Waals surface area contributed by atoms with Gasteiger partial charge < -0.3 is 15.8 Å². The molecule has 0 saturated heterocycles. The van der Waals surface area contributed by atoms with Crippen molar-refractivity contribution in [3.8, 4) is 5.75 Å². The number of halogens is 1. The van der Waals surface area contributed by atoms with Gasteiger partial charge in [-0.25, -0.2) is 0 Å². The molecule has 0 heterocycles. The lowest BCUT2D eigenvalue weighted by Gasteiger charge is -2.30. The number of benzene rings is 2. The number of carbonyl (C=O) groups is 1. The molecule has 0 aliphatic carbocycles. The summed E-state index contributed by atoms with van der Waals surface area (Å²) in [4.78, 5) is 12.1. The van der Waals surface area contributed by atoms with Crippen LogP contribution < -0.4 is 15.8 Å². The Bertz CT molecular complexity index is 660. The van der Waals surface area contributed by atoms with Gasteiger partial charge in [-0.05, 0) is 41.1 Å². The summed E-state index contributed by atoms with van der Waals surface area (Å²) in [5, 5.41) is 3.21. The SMILES string of the molecule is COc1ccccc1C(C)(Nc1ccccc1Br)C(N)=O. The van der Waals surface area contributed by atoms with E-state index in [2.05, 4.69) is 21.2 Å². The third kappa shape index (κ3) is 3.03. The summed E-state index contributed by atoms with van der Waals surface area (Å²) in [5.74, 6) is 0.126. The second kappa shape index (κ2) is 6.18. The van der Waals surface area contributed by atoms with Crippen LogP contribution in [0, 0.1) is 0 Å². The largest absolute Gasteiger partial charge is 0.496 e. The van der Waals surface area contributed by atoms with Gasteiger partial charge in [-0.2, -0.15) is 0 Å². The number of nitrogens with two attached hydrogens (primary N) is 1. The highest BCUT2D eigenvalue weighted by Gasteiger charge is 2.36. The Hall–Kier alpha value is -2.01. The zero-order valence-electron chi connectivity index (χ0n) is 11.9. The van der Waals surface area contributed by atoms with E-state index in [1.807, 2.05) is 42.5 Å². The van der Waals surface area contributed by atoms with Crippen molar-refractivity contribution in [2.75, 3.05) is 12.4 Å². The predicted molar refractivity (Wildman–Crippen MR) is 87.3 cm³/mol. The Morgan fingerprint density at radius 2 is 1.81 bits per heavy atom. The summed E-state index contributed by atoms with van der Waals surface area (Å²) < 4.78 is 6.20. The molecule has 2 aromatic rings. The molecule has 1 unspecified atom stereocenters. The van der Waals surface area contributed by atoms with Gasteiger partial charge >= 0.3 is 0 Å². The first-order valence-electron chi connectivity index (χ1n) is 6.45. The average Bonchev–Trinajstić information content (AvgIpc) is 2.49. The standard InChI is InChI=1S/C16H17BrN2O2/c1-16(15(18)20,11-7-3-6-10-14(11)21-2)19-13-9-5-4-8-12(13)17/h3-10,19H,1-2H3,(H2,18,20). The second-order valence-corrected chi connectivity index (χ2v) is 5.65. The lowest BCUT2D eigenvalue weighted by Crippen LogP contribution is -2.45. The van der Waals surface area contributed by atoms with Gasteiger partial charge in [0.15, 0.2) is 0 Å². The van der Waals surface area contributed by atoms with E-state index in [4.69, 9.17) is 10.5 Å². The van der Waals surface area contributed by atoms with Crippen molar-refractivity contribution in [2.45, 2.75) is 12.5 Å². The number of ether oxygens (including phenoxy) is 1. The van der Waals surface area contributed by atoms with Crippen LogP contribution in [-0.2, 0) is 10.3 Å². The molecular formula is C16H17BrN2O2. The van der Waals surface area contributed by atoms with E-state index < -0.39 is 11.4 Å². The van der Waals surface area contributed by atoms with Crippen molar-refractivity contribution in [2.24, 2.45) is 5.73 Å². The molecule has 2 aromatic carbocycles. The summed E-state index contributed by atoms with van der Waals surface area (Å²) >= 11 is 3.46. The number of methoxy groups -OCH3 is 1. The van der Waals surface area contributed by atoms with Crippen molar-refractivity contribution >= 4 is 27.5 Å². The van der Waals surface area contributed by atoms with Crippen LogP contribution in [0.5, 0.6) is 5.75 Å². The van der Waals surface area contributed by atoms with Crippen LogP contribution in [0.3, 0.4) is 0 Å². The van der Waals surface area contributed by atoms with E-state index in [9.17, 15) is 4.79 Å². The van der Waals surface area contributed by atoms with Crippen LogP contribution in [0.25, 0.3) is 0 Å². The minimum atomic E-state index is -1.09. The predicted octanol–water partition coefficient (Wildman–Crippen LogP) is 3.27. The van der Waals surface area contributed by atoms with Gasteiger partial charge in [0.1, 0.15) is 11.3 Å². The lowest BCUT2D eigenvalue weighted by atomic mass is 9.90. The molecule has 0 saturated carbocycles. The molecule has 0 fully saturated rings. The maximum atomic E-state index is 12.1. The van der Waals surface area contributed by atoms with Crippen molar-refractivity contribution in [3.63, 3.8) is 0 Å². The summed E-state index contributed by atoms with van der Waals surface area (Å²) in [6.07, 6.45) is 0. The van der Waals surface area contributed by atoms with E-state index >= 15 is 0 Å². The van der Waals surface area contributed by atoms with Gasteiger partial charge in [-0.15, -0.1) is 0 Å². The molecule has 0 bridgehead atoms. The highest BCUT2D eigenvalue weighted by Crippen LogP contribution is 2.34. The lowest BCUT2D eigenvalue weighted by molar-refractivity contribution is -0.122. The van der Waals surface area contributed by atoms with Crippen molar-refractivity contribution in [3.05, 3.63) is 58.6 Å². The Labute approximate surface area is 132 Å². The summed E-state index contributed by atoms with van der Waals surface area (Å²) in [5.41, 5.74) is 6.04. The van der Waals surface area contributed by atoms with Gasteiger partial charge in [-0.3, -0.25) is 4.79 Å². The molecule has 0 aliphatic heterocycles. The van der Waals surface area contributed by atoms with Crippen LogP contribution in [0.1, 0.15) is 12.5 Å². The average molecular weight is 349 g/mol. The minimum Gasteiger partial charge on any atom is -0.496 e. The molecule has 3 N–H and O–H groups in total. The topological polar surface area (TPSA) is 64.3 Å². The summed E-state index contributed by atoms with van der Waals surface area (Å²) in [6.45, 7) is 1.74. The molecule has 0 radical (unpaired) electrons. The van der Waals surface area contributed by atoms with Gasteiger partial charge in [0.2, 0.25) is 5.91 Å². The number of para-hydroxylation sites is 2. The molecule has 21 heavy (non-hydrogen) atoms. The fourth-order valence-electron chi connectivity index (χ4n) is 2.15. The maximum absolute atomic E-state index is 12.1. The van der Waals surface area contributed by atoms with Gasteiger partial charge in [0.05, 0.1) is 7.11 Å². The smallest absolute Gasteiger partial charge is 0.247 e. The number of amides is 1. The number of hydrogen-bond donors (Lipinski definition) is 2. The van der Waals surface area contributed by atoms with E-state index in [1.165, 1.54) is 0 Å². The number of primary amides is 1. The van der Waals surface area contributed by atoms with Crippen LogP contribution in [0.15, 0.2) is 53.0 Å². The van der Waals surface area contributed by atoms with Crippen LogP contribution in [0.2, 0.25) is 0 Å². The highest BCUT2D eigenvalue weighted by molar-refractivity contribution is 9.10. The third-order valence-electron chi connectivity index (χ3n) is 3.40. The highest BCUT2D eigenvalue weighted by atomic mass is 79.9. The summed E-state index contributed by atoms with van der Waals surface area (Å²) in [7, 11) is 1.57. The molecule has 5 heteroatoms. The molecule has 1 amide bonds. The number of rotatable bonds is 5. The Balaban J connectivity index is 2.51. The van der Waals surface area contributed by atoms with E-state index in [0.29, 0.717) is 11.3 Å². The van der Waals surface area contributed by atoms with E-state index in [0.717, 1.165) is 10.2 Å². The molecule has 4 nitrogen and oxygen atoms in total. The quantitative estimate of drug-likeness (QED) is 0.871. The van der Waals surface area contributed by atoms with Crippen molar-refractivity contribution in [1.29, 1.82) is 0 Å². The molecule has 0 spiro atoms. The zero-order valence-corrected chi connectivity index (χ0v) is 13.5. The second-order valence-electron chi connectivity index (χ2n) is 4.79. The van der Waals surface area contributed by atoms with E-state index in [1.54, 1.807) is 20.1 Å². The monoisotopic (exact) mass is 348 g/mol. The molecule has 110 valence electrons. The van der Waals surface area contributed by atoms with Gasteiger partial charge in [0, 0.05) is 15.7 Å². The summed E-state index contributed by atoms with van der Waals surface area (Å²) in [6, 6.07) is 14.9. The molecule has 1 atom stereocenters. The first-order valence-corrected chi connectivity index (χ1v) is 7.24. The zero-order chi connectivity index (χ0) is 15.5. The fraction of sp³-hybridized carbons (Fsp3) is 0.188. The first kappa shape index (κ1) is 15.4. The Morgan fingerprint density at radius 1 is 1.19 bits per heavy atom. The number of nitrogens with one attached hydrogen (secondary N) is 1. The Morgan fingerprint density at radius 3 is 2.43 bits per heavy atom. The number of hydrogen-bond acceptors (Lipinski definition) is 3. The van der Waals surface area contributed by atoms with Crippen molar-refractivity contribution < 1.29 is 9.53 Å². The number of anilines is 1. The van der Waals surface area contributed by atoms with E-state index in [-0.39, 0.29) is 0 Å². The van der Waals surface area contributed by atoms with Crippen LogP contribution in [0.4, 0.5) is 5.69 Å². The van der Waals surface area contributed by atoms with Crippen LogP contribution >= 0.6 is 15.9 Å². The van der Waals surface area contributed by atoms with Gasteiger partial charge in [0.25, 0.3) is 0 Å². The minimum absolute atomic E-state index is 0.484. The fourth-order valence-corrected chi connectivity index (χ4v) is 2.54. The van der Waals surface area contributed by atoms with Crippen molar-refractivity contribution in [1.82, 2.24) is 0 Å². The third-order valence-corrected chi connectivity index (χ3v) is 4.09. The van der Waals surface area contributed by atoms with Crippen LogP contribution in [-0.4, -0.2) is 13.0 Å². The molecule has 2 rings (SSSR count).